The minimum absolute atomic E-state index is 0.115. The maximum Gasteiger partial charge on any atom is 0.136 e. The third-order valence-corrected chi connectivity index (χ3v) is 4.14. The highest BCUT2D eigenvalue weighted by atomic mass is 127. The number of hydrogen-bond acceptors (Lipinski definition) is 1. The van der Waals surface area contributed by atoms with Crippen molar-refractivity contribution < 1.29 is 4.39 Å². The summed E-state index contributed by atoms with van der Waals surface area (Å²) < 4.78 is 13.9. The highest BCUT2D eigenvalue weighted by Gasteiger charge is 2.18. The van der Waals surface area contributed by atoms with Crippen molar-refractivity contribution >= 4 is 22.6 Å². The van der Waals surface area contributed by atoms with Gasteiger partial charge in [-0.3, -0.25) is 4.90 Å². The number of benzene rings is 1. The molecule has 0 bridgehead atoms. The van der Waals surface area contributed by atoms with Crippen molar-refractivity contribution in [3.63, 3.8) is 0 Å². The van der Waals surface area contributed by atoms with Crippen LogP contribution in [0.2, 0.25) is 0 Å². The molecule has 88 valence electrons. The molecule has 2 rings (SSSR count). The van der Waals surface area contributed by atoms with E-state index in [-0.39, 0.29) is 5.82 Å². The van der Waals surface area contributed by atoms with E-state index in [4.69, 9.17) is 0 Å². The fourth-order valence-electron chi connectivity index (χ4n) is 2.26. The van der Waals surface area contributed by atoms with E-state index >= 15 is 0 Å². The van der Waals surface area contributed by atoms with E-state index in [1.54, 1.807) is 6.07 Å². The van der Waals surface area contributed by atoms with Crippen LogP contribution in [0, 0.1) is 9.39 Å². The van der Waals surface area contributed by atoms with Gasteiger partial charge in [0.15, 0.2) is 0 Å². The Morgan fingerprint density at radius 1 is 1.44 bits per heavy atom. The molecule has 3 heteroatoms. The highest BCUT2D eigenvalue weighted by molar-refractivity contribution is 14.1. The molecule has 1 saturated heterocycles. The second-order valence-corrected chi connectivity index (χ2v) is 5.73. The van der Waals surface area contributed by atoms with Crippen LogP contribution in [0.15, 0.2) is 18.2 Å². The van der Waals surface area contributed by atoms with Crippen molar-refractivity contribution in [2.45, 2.75) is 38.8 Å². The van der Waals surface area contributed by atoms with Crippen LogP contribution in [0.1, 0.15) is 31.7 Å². The molecule has 0 amide bonds. The van der Waals surface area contributed by atoms with E-state index in [0.29, 0.717) is 6.04 Å². The quantitative estimate of drug-likeness (QED) is 0.744. The Kier molecular flexibility index (Phi) is 4.19. The first-order chi connectivity index (χ1) is 7.66. The van der Waals surface area contributed by atoms with Gasteiger partial charge in [-0.1, -0.05) is 12.5 Å². The van der Waals surface area contributed by atoms with Crippen LogP contribution in [0.3, 0.4) is 0 Å². The maximum absolute atomic E-state index is 13.1. The number of piperidine rings is 1. The molecule has 1 aliphatic heterocycles. The molecule has 0 radical (unpaired) electrons. The number of hydrogen-bond donors (Lipinski definition) is 0. The molecule has 1 aromatic rings. The van der Waals surface area contributed by atoms with Gasteiger partial charge in [-0.25, -0.2) is 4.39 Å². The summed E-state index contributed by atoms with van der Waals surface area (Å²) in [5, 5.41) is 0. The van der Waals surface area contributed by atoms with Crippen molar-refractivity contribution in [2.75, 3.05) is 6.54 Å². The molecule has 1 aliphatic rings. The van der Waals surface area contributed by atoms with Gasteiger partial charge in [-0.05, 0) is 66.6 Å². The number of rotatable bonds is 2. The van der Waals surface area contributed by atoms with E-state index in [0.717, 1.165) is 10.1 Å². The minimum atomic E-state index is -0.115. The monoisotopic (exact) mass is 333 g/mol. The van der Waals surface area contributed by atoms with Gasteiger partial charge in [0, 0.05) is 16.2 Å². The predicted octanol–water partition coefficient (Wildman–Crippen LogP) is 3.80. The summed E-state index contributed by atoms with van der Waals surface area (Å²) in [5.74, 6) is -0.115. The second-order valence-electron chi connectivity index (χ2n) is 4.56. The summed E-state index contributed by atoms with van der Waals surface area (Å²) in [4.78, 5) is 2.49. The van der Waals surface area contributed by atoms with Crippen LogP contribution in [-0.2, 0) is 6.54 Å². The van der Waals surface area contributed by atoms with Gasteiger partial charge in [0.1, 0.15) is 5.82 Å². The van der Waals surface area contributed by atoms with Gasteiger partial charge in [0.2, 0.25) is 0 Å². The molecule has 0 spiro atoms. The lowest BCUT2D eigenvalue weighted by Crippen LogP contribution is -2.36. The Morgan fingerprint density at radius 2 is 2.25 bits per heavy atom. The minimum Gasteiger partial charge on any atom is -0.296 e. The number of halogens is 2. The molecule has 0 aliphatic carbocycles. The van der Waals surface area contributed by atoms with Gasteiger partial charge in [0.05, 0.1) is 0 Å². The predicted molar refractivity (Wildman–Crippen MR) is 72.8 cm³/mol. The van der Waals surface area contributed by atoms with Gasteiger partial charge in [-0.15, -0.1) is 0 Å². The van der Waals surface area contributed by atoms with Crippen LogP contribution < -0.4 is 0 Å². The molecule has 1 aromatic carbocycles. The molecule has 1 atom stereocenters. The SMILES string of the molecule is CC1CCCCN1Cc1ccc(F)c(I)c1. The van der Waals surface area contributed by atoms with Gasteiger partial charge >= 0.3 is 0 Å². The fourth-order valence-corrected chi connectivity index (χ4v) is 2.84. The van der Waals surface area contributed by atoms with Gasteiger partial charge in [0.25, 0.3) is 0 Å². The summed E-state index contributed by atoms with van der Waals surface area (Å²) in [7, 11) is 0. The normalized spacial score (nSPS) is 22.3. The summed E-state index contributed by atoms with van der Waals surface area (Å²) in [6, 6.07) is 6.10. The van der Waals surface area contributed by atoms with Crippen LogP contribution in [0.4, 0.5) is 4.39 Å². The Labute approximate surface area is 110 Å². The van der Waals surface area contributed by atoms with E-state index in [2.05, 4.69) is 34.4 Å². The summed E-state index contributed by atoms with van der Waals surface area (Å²) in [6.07, 6.45) is 3.93. The number of nitrogens with zero attached hydrogens (tertiary/aromatic N) is 1. The first-order valence-electron chi connectivity index (χ1n) is 5.85. The standard InChI is InChI=1S/C13H17FIN/c1-10-4-2-3-7-16(10)9-11-5-6-12(14)13(15)8-11/h5-6,8,10H,2-4,7,9H2,1H3. The topological polar surface area (TPSA) is 3.24 Å². The third kappa shape index (κ3) is 2.94. The van der Waals surface area contributed by atoms with Crippen LogP contribution >= 0.6 is 22.6 Å². The Balaban J connectivity index is 2.05. The molecule has 0 aromatic heterocycles. The molecule has 1 fully saturated rings. The smallest absolute Gasteiger partial charge is 0.136 e. The molecule has 0 N–H and O–H groups in total. The molecule has 1 nitrogen and oxygen atoms in total. The van der Waals surface area contributed by atoms with E-state index < -0.39 is 0 Å². The summed E-state index contributed by atoms with van der Waals surface area (Å²) >= 11 is 2.06. The van der Waals surface area contributed by atoms with E-state index in [9.17, 15) is 4.39 Å². The first kappa shape index (κ1) is 12.3. The molecular formula is C13H17FIN. The molecule has 16 heavy (non-hydrogen) atoms. The molecule has 1 unspecified atom stereocenters. The van der Waals surface area contributed by atoms with Crippen LogP contribution in [-0.4, -0.2) is 17.5 Å². The zero-order valence-electron chi connectivity index (χ0n) is 9.55. The molecule has 0 saturated carbocycles. The Hall–Kier alpha value is -0.160. The highest BCUT2D eigenvalue weighted by Crippen LogP contribution is 2.20. The largest absolute Gasteiger partial charge is 0.296 e. The summed E-state index contributed by atoms with van der Waals surface area (Å²) in [6.45, 7) is 4.42. The number of likely N-dealkylation sites (tertiary alicyclic amines) is 1. The van der Waals surface area contributed by atoms with Crippen molar-refractivity contribution in [3.8, 4) is 0 Å². The lowest BCUT2D eigenvalue weighted by atomic mass is 10.0. The third-order valence-electron chi connectivity index (χ3n) is 3.31. The van der Waals surface area contributed by atoms with E-state index in [1.807, 2.05) is 12.1 Å². The first-order valence-corrected chi connectivity index (χ1v) is 6.92. The average Bonchev–Trinajstić information content (AvgIpc) is 2.27. The van der Waals surface area contributed by atoms with Crippen molar-refractivity contribution in [1.29, 1.82) is 0 Å². The summed E-state index contributed by atoms with van der Waals surface area (Å²) in [5.41, 5.74) is 1.22. The lowest BCUT2D eigenvalue weighted by molar-refractivity contribution is 0.152. The van der Waals surface area contributed by atoms with Crippen molar-refractivity contribution in [1.82, 2.24) is 4.90 Å². The average molecular weight is 333 g/mol. The molecule has 1 heterocycles. The van der Waals surface area contributed by atoms with Crippen LogP contribution in [0.5, 0.6) is 0 Å². The van der Waals surface area contributed by atoms with Crippen molar-refractivity contribution in [2.24, 2.45) is 0 Å². The van der Waals surface area contributed by atoms with Gasteiger partial charge in [-0.2, -0.15) is 0 Å². The fraction of sp³-hybridized carbons (Fsp3) is 0.538. The Bertz CT molecular complexity index is 367. The van der Waals surface area contributed by atoms with E-state index in [1.165, 1.54) is 31.4 Å². The maximum atomic E-state index is 13.1. The lowest BCUT2D eigenvalue weighted by Gasteiger charge is -2.33. The zero-order chi connectivity index (χ0) is 11.5. The van der Waals surface area contributed by atoms with Crippen LogP contribution in [0.25, 0.3) is 0 Å². The Morgan fingerprint density at radius 3 is 2.94 bits per heavy atom. The van der Waals surface area contributed by atoms with Crippen molar-refractivity contribution in [3.05, 3.63) is 33.1 Å². The zero-order valence-corrected chi connectivity index (χ0v) is 11.7. The second kappa shape index (κ2) is 5.45. The molecular weight excluding hydrogens is 316 g/mol. The van der Waals surface area contributed by atoms with Gasteiger partial charge < -0.3 is 0 Å².